The van der Waals surface area contributed by atoms with Gasteiger partial charge in [-0.15, -0.1) is 0 Å². The minimum absolute atomic E-state index is 0.0217. The van der Waals surface area contributed by atoms with Gasteiger partial charge in [-0.3, -0.25) is 0 Å². The van der Waals surface area contributed by atoms with E-state index in [9.17, 15) is 0 Å². The number of hydrogen-bond donors (Lipinski definition) is 0. The van der Waals surface area contributed by atoms with Crippen LogP contribution in [0.25, 0.3) is 12.2 Å². The molecule has 0 aliphatic heterocycles. The number of ether oxygens (including phenoxy) is 1. The molecule has 0 heterocycles. The van der Waals surface area contributed by atoms with E-state index in [2.05, 4.69) is 25.3 Å². The van der Waals surface area contributed by atoms with Crippen LogP contribution in [-0.2, 0) is 0 Å². The Hall–Kier alpha value is -2.28. The molecule has 0 spiro atoms. The maximum atomic E-state index is 5.91. The lowest BCUT2D eigenvalue weighted by Crippen LogP contribution is -2.02. The molecule has 0 N–H and O–H groups in total. The van der Waals surface area contributed by atoms with Crippen molar-refractivity contribution in [2.24, 2.45) is 0 Å². The van der Waals surface area contributed by atoms with E-state index in [4.69, 9.17) is 4.74 Å². The molecular formula is C18H18O. The lowest BCUT2D eigenvalue weighted by atomic mass is 10.1. The van der Waals surface area contributed by atoms with Gasteiger partial charge in [0.2, 0.25) is 0 Å². The third-order valence-electron chi connectivity index (χ3n) is 3.07. The van der Waals surface area contributed by atoms with Crippen LogP contribution in [0.1, 0.15) is 29.7 Å². The number of hydrogen-bond acceptors (Lipinski definition) is 1. The van der Waals surface area contributed by atoms with Gasteiger partial charge < -0.3 is 4.74 Å². The SMILES string of the molecule is C=Cc1ccc(OC(C)c2ccc(C=C)cc2)cc1. The summed E-state index contributed by atoms with van der Waals surface area (Å²) in [5.74, 6) is 0.867. The molecule has 0 aliphatic rings. The van der Waals surface area contributed by atoms with Gasteiger partial charge in [-0.25, -0.2) is 0 Å². The van der Waals surface area contributed by atoms with E-state index in [0.29, 0.717) is 0 Å². The first-order chi connectivity index (χ1) is 9.22. The number of rotatable bonds is 5. The largest absolute Gasteiger partial charge is 0.486 e. The molecule has 0 amide bonds. The Morgan fingerprint density at radius 2 is 1.32 bits per heavy atom. The van der Waals surface area contributed by atoms with Crippen molar-refractivity contribution in [1.29, 1.82) is 0 Å². The van der Waals surface area contributed by atoms with E-state index >= 15 is 0 Å². The van der Waals surface area contributed by atoms with Gasteiger partial charge in [0.25, 0.3) is 0 Å². The van der Waals surface area contributed by atoms with E-state index in [1.807, 2.05) is 55.5 Å². The van der Waals surface area contributed by atoms with Crippen LogP contribution in [0.5, 0.6) is 5.75 Å². The van der Waals surface area contributed by atoms with Gasteiger partial charge >= 0.3 is 0 Å². The summed E-state index contributed by atoms with van der Waals surface area (Å²) in [5.41, 5.74) is 3.36. The van der Waals surface area contributed by atoms with Gasteiger partial charge in [0, 0.05) is 0 Å². The molecule has 0 aromatic heterocycles. The highest BCUT2D eigenvalue weighted by atomic mass is 16.5. The summed E-state index contributed by atoms with van der Waals surface area (Å²) >= 11 is 0. The summed E-state index contributed by atoms with van der Waals surface area (Å²) in [7, 11) is 0. The fraction of sp³-hybridized carbons (Fsp3) is 0.111. The van der Waals surface area contributed by atoms with Gasteiger partial charge in [-0.1, -0.05) is 61.7 Å². The van der Waals surface area contributed by atoms with Crippen LogP contribution in [0.15, 0.2) is 61.7 Å². The fourth-order valence-electron chi connectivity index (χ4n) is 1.86. The van der Waals surface area contributed by atoms with Gasteiger partial charge in [0.05, 0.1) is 0 Å². The molecule has 2 rings (SSSR count). The third kappa shape index (κ3) is 3.35. The Labute approximate surface area is 114 Å². The first kappa shape index (κ1) is 13.2. The number of benzene rings is 2. The maximum Gasteiger partial charge on any atom is 0.121 e. The molecule has 0 bridgehead atoms. The standard InChI is InChI=1S/C18H18O/c1-4-15-6-10-17(11-7-15)14(3)19-18-12-8-16(5-2)9-13-18/h4-14H,1-2H2,3H3. The van der Waals surface area contributed by atoms with Crippen molar-refractivity contribution in [2.45, 2.75) is 13.0 Å². The topological polar surface area (TPSA) is 9.23 Å². The maximum absolute atomic E-state index is 5.91. The van der Waals surface area contributed by atoms with Crippen LogP contribution in [0.3, 0.4) is 0 Å². The molecule has 0 saturated heterocycles. The van der Waals surface area contributed by atoms with Crippen molar-refractivity contribution in [2.75, 3.05) is 0 Å². The molecule has 19 heavy (non-hydrogen) atoms. The zero-order valence-electron chi connectivity index (χ0n) is 11.2. The van der Waals surface area contributed by atoms with Crippen molar-refractivity contribution in [1.82, 2.24) is 0 Å². The van der Waals surface area contributed by atoms with Gasteiger partial charge in [-0.2, -0.15) is 0 Å². The van der Waals surface area contributed by atoms with Crippen LogP contribution >= 0.6 is 0 Å². The minimum Gasteiger partial charge on any atom is -0.486 e. The Bertz CT molecular complexity index is 549. The third-order valence-corrected chi connectivity index (χ3v) is 3.07. The second-order valence-electron chi connectivity index (χ2n) is 4.40. The smallest absolute Gasteiger partial charge is 0.121 e. The predicted octanol–water partition coefficient (Wildman–Crippen LogP) is 5.11. The summed E-state index contributed by atoms with van der Waals surface area (Å²) in [6.45, 7) is 9.53. The highest BCUT2D eigenvalue weighted by Gasteiger charge is 2.06. The van der Waals surface area contributed by atoms with Crippen LogP contribution in [0.4, 0.5) is 0 Å². The zero-order valence-corrected chi connectivity index (χ0v) is 11.2. The van der Waals surface area contributed by atoms with Crippen molar-refractivity contribution in [3.8, 4) is 5.75 Å². The van der Waals surface area contributed by atoms with E-state index in [1.165, 1.54) is 0 Å². The lowest BCUT2D eigenvalue weighted by molar-refractivity contribution is 0.227. The molecule has 1 unspecified atom stereocenters. The molecule has 2 aromatic carbocycles. The molecule has 96 valence electrons. The fourth-order valence-corrected chi connectivity index (χ4v) is 1.86. The molecule has 1 heteroatoms. The summed E-state index contributed by atoms with van der Waals surface area (Å²) in [5, 5.41) is 0. The summed E-state index contributed by atoms with van der Waals surface area (Å²) in [6.07, 6.45) is 3.68. The van der Waals surface area contributed by atoms with Crippen molar-refractivity contribution >= 4 is 12.2 Å². The Morgan fingerprint density at radius 1 is 0.842 bits per heavy atom. The predicted molar refractivity (Wildman–Crippen MR) is 82.1 cm³/mol. The van der Waals surface area contributed by atoms with E-state index < -0.39 is 0 Å². The molecule has 0 saturated carbocycles. The van der Waals surface area contributed by atoms with Crippen LogP contribution < -0.4 is 4.74 Å². The van der Waals surface area contributed by atoms with Crippen LogP contribution in [0, 0.1) is 0 Å². The molecule has 1 atom stereocenters. The second-order valence-corrected chi connectivity index (χ2v) is 4.40. The Morgan fingerprint density at radius 3 is 1.79 bits per heavy atom. The Kier molecular flexibility index (Phi) is 4.19. The normalized spacial score (nSPS) is 11.6. The quantitative estimate of drug-likeness (QED) is 0.716. The lowest BCUT2D eigenvalue weighted by Gasteiger charge is -2.15. The van der Waals surface area contributed by atoms with Gasteiger partial charge in [-0.05, 0) is 35.7 Å². The van der Waals surface area contributed by atoms with Crippen molar-refractivity contribution in [3.05, 3.63) is 78.4 Å². The minimum atomic E-state index is 0.0217. The first-order valence-electron chi connectivity index (χ1n) is 6.34. The van der Waals surface area contributed by atoms with Gasteiger partial charge in [0.1, 0.15) is 11.9 Å². The summed E-state index contributed by atoms with van der Waals surface area (Å²) in [4.78, 5) is 0. The zero-order chi connectivity index (χ0) is 13.7. The first-order valence-corrected chi connectivity index (χ1v) is 6.34. The highest BCUT2D eigenvalue weighted by Crippen LogP contribution is 2.22. The summed E-state index contributed by atoms with van der Waals surface area (Å²) < 4.78 is 5.91. The average Bonchev–Trinajstić information content (AvgIpc) is 2.48. The molecular weight excluding hydrogens is 232 g/mol. The van der Waals surface area contributed by atoms with Crippen LogP contribution in [0.2, 0.25) is 0 Å². The van der Waals surface area contributed by atoms with E-state index in [1.54, 1.807) is 0 Å². The van der Waals surface area contributed by atoms with E-state index in [-0.39, 0.29) is 6.10 Å². The Balaban J connectivity index is 2.08. The van der Waals surface area contributed by atoms with Gasteiger partial charge in [0.15, 0.2) is 0 Å². The summed E-state index contributed by atoms with van der Waals surface area (Å²) in [6, 6.07) is 16.1. The molecule has 0 aliphatic carbocycles. The molecule has 0 fully saturated rings. The van der Waals surface area contributed by atoms with Crippen molar-refractivity contribution in [3.63, 3.8) is 0 Å². The van der Waals surface area contributed by atoms with Crippen molar-refractivity contribution < 1.29 is 4.74 Å². The van der Waals surface area contributed by atoms with Crippen LogP contribution in [-0.4, -0.2) is 0 Å². The molecule has 1 nitrogen and oxygen atoms in total. The monoisotopic (exact) mass is 250 g/mol. The highest BCUT2D eigenvalue weighted by molar-refractivity contribution is 5.49. The second kappa shape index (κ2) is 6.05. The molecule has 2 aromatic rings. The average molecular weight is 250 g/mol. The molecule has 0 radical (unpaired) electrons. The van der Waals surface area contributed by atoms with E-state index in [0.717, 1.165) is 22.4 Å².